The predicted octanol–water partition coefficient (Wildman–Crippen LogP) is 0.982. The molecule has 152 valence electrons. The van der Waals surface area contributed by atoms with Crippen LogP contribution >= 0.6 is 21.6 Å². The summed E-state index contributed by atoms with van der Waals surface area (Å²) in [4.78, 5) is 53.8. The molecule has 1 aromatic heterocycles. The van der Waals surface area contributed by atoms with Crippen LogP contribution in [0.5, 0.6) is 0 Å². The Kier molecular flexibility index (Phi) is 6.97. The maximum absolute atomic E-state index is 11.9. The second-order valence-corrected chi connectivity index (χ2v) is 9.76. The molecule has 1 aliphatic rings. The molecule has 1 saturated heterocycles. The van der Waals surface area contributed by atoms with Crippen LogP contribution < -0.4 is 0 Å². The minimum Gasteiger partial charge on any atom is -0.330 e. The summed E-state index contributed by atoms with van der Waals surface area (Å²) in [6, 6.07) is 2.73. The lowest BCUT2D eigenvalue weighted by Gasteiger charge is -2.15. The lowest BCUT2D eigenvalue weighted by molar-refractivity contribution is -0.385. The summed E-state index contributed by atoms with van der Waals surface area (Å²) in [5.41, 5.74) is -0.158. The summed E-state index contributed by atoms with van der Waals surface area (Å²) in [7, 11) is -2.43. The van der Waals surface area contributed by atoms with Crippen molar-refractivity contribution in [3.05, 3.63) is 28.4 Å². The number of amides is 2. The van der Waals surface area contributed by atoms with E-state index >= 15 is 0 Å². The zero-order valence-corrected chi connectivity index (χ0v) is 16.5. The first-order valence-electron chi connectivity index (χ1n) is 7.46. The molecule has 28 heavy (non-hydrogen) atoms. The number of carbonyl (C=O) groups excluding carboxylic acids is 3. The number of imide groups is 1. The first-order chi connectivity index (χ1) is 13.0. The molecule has 0 spiro atoms. The molecular weight excluding hydrogens is 438 g/mol. The smallest absolute Gasteiger partial charge is 0.330 e. The number of hydrogen-bond donors (Lipinski definition) is 1. The molecule has 2 amide bonds. The molecule has 2 unspecified atom stereocenters. The van der Waals surface area contributed by atoms with E-state index in [0.29, 0.717) is 5.03 Å². The fraction of sp³-hybridized carbons (Fsp3) is 0.385. The van der Waals surface area contributed by atoms with E-state index in [1.807, 2.05) is 0 Å². The monoisotopic (exact) mass is 451 g/mol. The lowest BCUT2D eigenvalue weighted by atomic mass is 10.3. The molecule has 1 N–H and O–H groups in total. The number of carbonyl (C=O) groups is 3. The minimum atomic E-state index is -4.78. The van der Waals surface area contributed by atoms with Gasteiger partial charge in [-0.25, -0.2) is 9.78 Å². The molecule has 0 bridgehead atoms. The van der Waals surface area contributed by atoms with E-state index in [4.69, 9.17) is 4.55 Å². The van der Waals surface area contributed by atoms with Gasteiger partial charge < -0.3 is 4.84 Å². The standard InChI is InChI=1S/C13H13N3O9S3/c1-7(26-27-10-3-2-8(6-14-10)16(20)21)4-12(18)25-15-11(17)5-9(13(15)19)28(22,23)24/h2-3,6-7,9H,4-5H2,1H3,(H,22,23,24). The average molecular weight is 451 g/mol. The summed E-state index contributed by atoms with van der Waals surface area (Å²) >= 11 is 0. The van der Waals surface area contributed by atoms with Crippen LogP contribution in [0.25, 0.3) is 0 Å². The second kappa shape index (κ2) is 8.85. The molecule has 15 heteroatoms. The van der Waals surface area contributed by atoms with Crippen LogP contribution in [0.2, 0.25) is 0 Å². The molecule has 12 nitrogen and oxygen atoms in total. The zero-order valence-electron chi connectivity index (χ0n) is 14.1. The van der Waals surface area contributed by atoms with Crippen LogP contribution in [0, 0.1) is 10.1 Å². The Morgan fingerprint density at radius 2 is 2.18 bits per heavy atom. The normalized spacial score (nSPS) is 18.2. The highest BCUT2D eigenvalue weighted by Crippen LogP contribution is 2.35. The summed E-state index contributed by atoms with van der Waals surface area (Å²) in [5, 5.41) is 8.74. The van der Waals surface area contributed by atoms with Crippen molar-refractivity contribution in [1.29, 1.82) is 0 Å². The van der Waals surface area contributed by atoms with E-state index in [0.717, 1.165) is 17.0 Å². The number of nitro groups is 1. The van der Waals surface area contributed by atoms with Gasteiger partial charge in [0.05, 0.1) is 17.8 Å². The number of hydroxylamine groups is 2. The van der Waals surface area contributed by atoms with Crippen molar-refractivity contribution >= 4 is 55.2 Å². The fourth-order valence-corrected chi connectivity index (χ4v) is 4.66. The molecular formula is C13H13N3O9S3. The fourth-order valence-electron chi connectivity index (χ4n) is 1.98. The number of rotatable bonds is 8. The Morgan fingerprint density at radius 1 is 1.50 bits per heavy atom. The van der Waals surface area contributed by atoms with Gasteiger partial charge in [0.1, 0.15) is 11.2 Å². The molecule has 0 aromatic carbocycles. The van der Waals surface area contributed by atoms with Gasteiger partial charge in [0, 0.05) is 11.3 Å². The molecule has 0 radical (unpaired) electrons. The van der Waals surface area contributed by atoms with E-state index in [1.165, 1.54) is 22.9 Å². The molecule has 1 aromatic rings. The average Bonchev–Trinajstić information content (AvgIpc) is 2.88. The highest BCUT2D eigenvalue weighted by Gasteiger charge is 2.48. The van der Waals surface area contributed by atoms with E-state index in [9.17, 15) is 32.9 Å². The van der Waals surface area contributed by atoms with Gasteiger partial charge >= 0.3 is 5.97 Å². The SMILES string of the molecule is CC(CC(=O)ON1C(=O)CC(S(=O)(=O)O)C1=O)SSc1ccc([N+](=O)[O-])cn1. The van der Waals surface area contributed by atoms with Gasteiger partial charge in [0.25, 0.3) is 27.6 Å². The maximum atomic E-state index is 11.9. The number of aromatic nitrogens is 1. The summed E-state index contributed by atoms with van der Waals surface area (Å²) in [6.07, 6.45) is 0.0627. The molecule has 2 atom stereocenters. The third-order valence-electron chi connectivity index (χ3n) is 3.30. The number of hydrogen-bond acceptors (Lipinski definition) is 11. The molecule has 0 aliphatic carbocycles. The van der Waals surface area contributed by atoms with Gasteiger partial charge in [-0.1, -0.05) is 17.7 Å². The summed E-state index contributed by atoms with van der Waals surface area (Å²) in [5.74, 6) is -3.33. The Hall–Kier alpha value is -2.23. The van der Waals surface area contributed by atoms with Gasteiger partial charge in [0.15, 0.2) is 5.25 Å². The minimum absolute atomic E-state index is 0.0448. The van der Waals surface area contributed by atoms with Crippen LogP contribution in [0.4, 0.5) is 5.69 Å². The van der Waals surface area contributed by atoms with Crippen molar-refractivity contribution in [1.82, 2.24) is 10.0 Å². The van der Waals surface area contributed by atoms with Crippen molar-refractivity contribution in [2.45, 2.75) is 35.3 Å². The van der Waals surface area contributed by atoms with Gasteiger partial charge in [-0.05, 0) is 16.9 Å². The first-order valence-corrected chi connectivity index (χ1v) is 11.2. The Labute approximate surface area is 166 Å². The van der Waals surface area contributed by atoms with E-state index in [-0.39, 0.29) is 22.4 Å². The van der Waals surface area contributed by atoms with E-state index in [2.05, 4.69) is 9.82 Å². The molecule has 1 fully saturated rings. The Morgan fingerprint density at radius 3 is 2.68 bits per heavy atom. The van der Waals surface area contributed by atoms with Crippen molar-refractivity contribution in [2.75, 3.05) is 0 Å². The zero-order chi connectivity index (χ0) is 21.1. The highest BCUT2D eigenvalue weighted by molar-refractivity contribution is 8.76. The van der Waals surface area contributed by atoms with Crippen molar-refractivity contribution < 1.29 is 37.1 Å². The quantitative estimate of drug-likeness (QED) is 0.195. The van der Waals surface area contributed by atoms with Crippen LogP contribution in [0.1, 0.15) is 19.8 Å². The predicted molar refractivity (Wildman–Crippen MR) is 96.3 cm³/mol. The van der Waals surface area contributed by atoms with Crippen LogP contribution in [0.3, 0.4) is 0 Å². The molecule has 1 aliphatic heterocycles. The van der Waals surface area contributed by atoms with Crippen molar-refractivity contribution in [2.24, 2.45) is 0 Å². The van der Waals surface area contributed by atoms with Crippen LogP contribution in [-0.4, -0.2) is 56.2 Å². The van der Waals surface area contributed by atoms with E-state index < -0.39 is 44.5 Å². The topological polar surface area (TPSA) is 174 Å². The number of nitrogens with zero attached hydrogens (tertiary/aromatic N) is 3. The van der Waals surface area contributed by atoms with Gasteiger partial charge in [-0.15, -0.1) is 5.06 Å². The number of pyridine rings is 1. The van der Waals surface area contributed by atoms with Crippen LogP contribution in [-0.2, 0) is 29.3 Å². The summed E-state index contributed by atoms with van der Waals surface area (Å²) < 4.78 is 31.0. The Balaban J connectivity index is 1.84. The van der Waals surface area contributed by atoms with E-state index in [1.54, 1.807) is 6.92 Å². The third-order valence-corrected chi connectivity index (χ3v) is 7.18. The Bertz CT molecular complexity index is 904. The molecule has 0 saturated carbocycles. The highest BCUT2D eigenvalue weighted by atomic mass is 33.1. The molecule has 2 rings (SSSR count). The third kappa shape index (κ3) is 5.63. The van der Waals surface area contributed by atoms with Crippen molar-refractivity contribution in [3.63, 3.8) is 0 Å². The van der Waals surface area contributed by atoms with Gasteiger partial charge in [-0.3, -0.25) is 24.3 Å². The maximum Gasteiger partial charge on any atom is 0.334 e. The van der Waals surface area contributed by atoms with Gasteiger partial charge in [0.2, 0.25) is 0 Å². The first kappa shape index (κ1) is 22.1. The van der Waals surface area contributed by atoms with Crippen molar-refractivity contribution in [3.8, 4) is 0 Å². The summed E-state index contributed by atoms with van der Waals surface area (Å²) in [6.45, 7) is 1.65. The van der Waals surface area contributed by atoms with Crippen LogP contribution in [0.15, 0.2) is 23.4 Å². The second-order valence-electron chi connectivity index (χ2n) is 5.50. The molecule has 2 heterocycles. The van der Waals surface area contributed by atoms with Gasteiger partial charge in [-0.2, -0.15) is 8.42 Å². The largest absolute Gasteiger partial charge is 0.334 e. The lowest BCUT2D eigenvalue weighted by Crippen LogP contribution is -2.37.